The minimum atomic E-state index is -3.73. The summed E-state index contributed by atoms with van der Waals surface area (Å²) in [4.78, 5) is -0.00166. The summed E-state index contributed by atoms with van der Waals surface area (Å²) in [5.74, 6) is 1.32. The molecule has 0 fully saturated rings. The average molecular weight is 304 g/mol. The first-order valence-corrected chi connectivity index (χ1v) is 7.37. The zero-order chi connectivity index (χ0) is 15.5. The Balaban J connectivity index is 2.28. The van der Waals surface area contributed by atoms with E-state index in [1.807, 2.05) is 6.07 Å². The van der Waals surface area contributed by atoms with Crippen LogP contribution in [0.3, 0.4) is 0 Å². The lowest BCUT2D eigenvalue weighted by Crippen LogP contribution is -2.11. The molecule has 0 unspecified atom stereocenters. The van der Waals surface area contributed by atoms with Gasteiger partial charge in [0.2, 0.25) is 10.0 Å². The van der Waals surface area contributed by atoms with Crippen LogP contribution in [0.2, 0.25) is 0 Å². The van der Waals surface area contributed by atoms with Gasteiger partial charge in [0.05, 0.1) is 23.6 Å². The van der Waals surface area contributed by atoms with E-state index in [2.05, 4.69) is 0 Å². The molecule has 0 aliphatic carbocycles. The van der Waals surface area contributed by atoms with Crippen LogP contribution in [0.25, 0.3) is 0 Å². The van der Waals surface area contributed by atoms with Crippen molar-refractivity contribution in [1.82, 2.24) is 0 Å². The quantitative estimate of drug-likeness (QED) is 0.930. The van der Waals surface area contributed by atoms with E-state index in [1.54, 1.807) is 18.2 Å². The van der Waals surface area contributed by atoms with Crippen LogP contribution < -0.4 is 14.6 Å². The normalized spacial score (nSPS) is 10.7. The number of primary sulfonamides is 1. The zero-order valence-corrected chi connectivity index (χ0v) is 11.9. The summed E-state index contributed by atoms with van der Waals surface area (Å²) < 4.78 is 32.9. The van der Waals surface area contributed by atoms with Gasteiger partial charge in [-0.15, -0.1) is 0 Å². The molecule has 0 aromatic heterocycles. The van der Waals surface area contributed by atoms with Gasteiger partial charge < -0.3 is 9.47 Å². The number of sulfonamides is 1. The van der Waals surface area contributed by atoms with Gasteiger partial charge in [0.25, 0.3) is 0 Å². The molecule has 2 N–H and O–H groups in total. The highest BCUT2D eigenvalue weighted by Crippen LogP contribution is 2.27. The highest BCUT2D eigenvalue weighted by atomic mass is 32.2. The summed E-state index contributed by atoms with van der Waals surface area (Å²) in [6.45, 7) is 0. The van der Waals surface area contributed by atoms with Gasteiger partial charge in [-0.05, 0) is 36.4 Å². The number of methoxy groups -OCH3 is 1. The lowest BCUT2D eigenvalue weighted by Gasteiger charge is -2.08. The molecule has 0 amide bonds. The first-order valence-electron chi connectivity index (χ1n) is 5.82. The monoisotopic (exact) mass is 304 g/mol. The Morgan fingerprint density at radius 3 is 2.19 bits per heavy atom. The van der Waals surface area contributed by atoms with Crippen molar-refractivity contribution in [3.63, 3.8) is 0 Å². The fourth-order valence-electron chi connectivity index (χ4n) is 1.65. The van der Waals surface area contributed by atoms with E-state index in [0.29, 0.717) is 22.8 Å². The van der Waals surface area contributed by atoms with E-state index < -0.39 is 10.0 Å². The summed E-state index contributed by atoms with van der Waals surface area (Å²) in [6.07, 6.45) is 0. The third-order valence-corrected chi connectivity index (χ3v) is 3.56. The molecule has 0 aliphatic rings. The smallest absolute Gasteiger partial charge is 0.238 e. The van der Waals surface area contributed by atoms with Gasteiger partial charge in [-0.2, -0.15) is 5.26 Å². The number of ether oxygens (including phenoxy) is 2. The third-order valence-electron chi connectivity index (χ3n) is 2.63. The molecule has 2 aromatic rings. The van der Waals surface area contributed by atoms with Crippen LogP contribution >= 0.6 is 0 Å². The van der Waals surface area contributed by atoms with E-state index in [4.69, 9.17) is 19.9 Å². The van der Waals surface area contributed by atoms with Gasteiger partial charge in [0, 0.05) is 6.07 Å². The van der Waals surface area contributed by atoms with E-state index >= 15 is 0 Å². The standard InChI is InChI=1S/C14H12N2O4S/c1-19-12-6-10(9-15)7-13(8-12)20-11-2-4-14(5-3-11)21(16,17)18/h2-8H,1H3,(H2,16,17,18). The van der Waals surface area contributed by atoms with Crippen molar-refractivity contribution < 1.29 is 17.9 Å². The SMILES string of the molecule is COc1cc(C#N)cc(Oc2ccc(S(N)(=O)=O)cc2)c1. The van der Waals surface area contributed by atoms with Gasteiger partial charge >= 0.3 is 0 Å². The van der Waals surface area contributed by atoms with E-state index in [0.717, 1.165) is 0 Å². The average Bonchev–Trinajstić information content (AvgIpc) is 2.46. The lowest BCUT2D eigenvalue weighted by molar-refractivity contribution is 0.409. The van der Waals surface area contributed by atoms with Crippen LogP contribution in [-0.4, -0.2) is 15.5 Å². The Morgan fingerprint density at radius 1 is 1.05 bits per heavy atom. The zero-order valence-electron chi connectivity index (χ0n) is 11.1. The molecule has 0 spiro atoms. The Bertz CT molecular complexity index is 793. The van der Waals surface area contributed by atoms with Gasteiger partial charge in [-0.25, -0.2) is 13.6 Å². The van der Waals surface area contributed by atoms with Crippen molar-refractivity contribution >= 4 is 10.0 Å². The molecule has 108 valence electrons. The molecule has 0 aliphatic heterocycles. The fraction of sp³-hybridized carbons (Fsp3) is 0.0714. The van der Waals surface area contributed by atoms with Crippen LogP contribution in [0.1, 0.15) is 5.56 Å². The lowest BCUT2D eigenvalue weighted by atomic mass is 10.2. The Hall–Kier alpha value is -2.56. The summed E-state index contributed by atoms with van der Waals surface area (Å²) in [6, 6.07) is 12.4. The number of hydrogen-bond donors (Lipinski definition) is 1. The Kier molecular flexibility index (Phi) is 4.12. The van der Waals surface area contributed by atoms with Crippen LogP contribution in [-0.2, 0) is 10.0 Å². The van der Waals surface area contributed by atoms with Crippen molar-refractivity contribution in [1.29, 1.82) is 5.26 Å². The summed E-state index contributed by atoms with van der Waals surface area (Å²) in [5, 5.41) is 13.9. The molecular formula is C14H12N2O4S. The first kappa shape index (κ1) is 14.8. The molecule has 7 heteroatoms. The van der Waals surface area contributed by atoms with Crippen molar-refractivity contribution in [2.24, 2.45) is 5.14 Å². The maximum Gasteiger partial charge on any atom is 0.238 e. The van der Waals surface area contributed by atoms with Crippen molar-refractivity contribution in [3.8, 4) is 23.3 Å². The van der Waals surface area contributed by atoms with Crippen molar-refractivity contribution in [3.05, 3.63) is 48.0 Å². The highest BCUT2D eigenvalue weighted by molar-refractivity contribution is 7.89. The number of hydrogen-bond acceptors (Lipinski definition) is 5. The molecular weight excluding hydrogens is 292 g/mol. The van der Waals surface area contributed by atoms with E-state index in [-0.39, 0.29) is 4.90 Å². The second-order valence-electron chi connectivity index (χ2n) is 4.13. The molecule has 21 heavy (non-hydrogen) atoms. The molecule has 0 saturated heterocycles. The number of rotatable bonds is 4. The maximum atomic E-state index is 11.2. The van der Waals surface area contributed by atoms with E-state index in [1.165, 1.54) is 31.4 Å². The summed E-state index contributed by atoms with van der Waals surface area (Å²) in [5.41, 5.74) is 0.394. The largest absolute Gasteiger partial charge is 0.497 e. The topological polar surface area (TPSA) is 102 Å². The van der Waals surface area contributed by atoms with Crippen molar-refractivity contribution in [2.45, 2.75) is 4.90 Å². The van der Waals surface area contributed by atoms with Crippen molar-refractivity contribution in [2.75, 3.05) is 7.11 Å². The Labute approximate surface area is 122 Å². The number of benzene rings is 2. The molecule has 0 saturated carbocycles. The number of nitriles is 1. The minimum Gasteiger partial charge on any atom is -0.497 e. The fourth-order valence-corrected chi connectivity index (χ4v) is 2.16. The minimum absolute atomic E-state index is 0.00166. The third kappa shape index (κ3) is 3.72. The predicted molar refractivity (Wildman–Crippen MR) is 75.6 cm³/mol. The van der Waals surface area contributed by atoms with Gasteiger partial charge in [0.1, 0.15) is 17.2 Å². The number of nitrogens with two attached hydrogens (primary N) is 1. The second-order valence-corrected chi connectivity index (χ2v) is 5.69. The van der Waals surface area contributed by atoms with Crippen LogP contribution in [0.5, 0.6) is 17.2 Å². The van der Waals surface area contributed by atoms with Gasteiger partial charge in [-0.1, -0.05) is 0 Å². The van der Waals surface area contributed by atoms with E-state index in [9.17, 15) is 8.42 Å². The summed E-state index contributed by atoms with van der Waals surface area (Å²) in [7, 11) is -2.25. The second kappa shape index (κ2) is 5.83. The predicted octanol–water partition coefficient (Wildman–Crippen LogP) is 2.01. The summed E-state index contributed by atoms with van der Waals surface area (Å²) >= 11 is 0. The Morgan fingerprint density at radius 2 is 1.67 bits per heavy atom. The molecule has 0 atom stereocenters. The van der Waals surface area contributed by atoms with Gasteiger partial charge in [-0.3, -0.25) is 0 Å². The van der Waals surface area contributed by atoms with Crippen LogP contribution in [0.15, 0.2) is 47.4 Å². The molecule has 6 nitrogen and oxygen atoms in total. The maximum absolute atomic E-state index is 11.2. The highest BCUT2D eigenvalue weighted by Gasteiger charge is 2.08. The molecule has 0 bridgehead atoms. The number of nitrogens with zero attached hydrogens (tertiary/aromatic N) is 1. The molecule has 2 aromatic carbocycles. The first-order chi connectivity index (χ1) is 9.92. The van der Waals surface area contributed by atoms with Crippen LogP contribution in [0.4, 0.5) is 0 Å². The molecule has 0 radical (unpaired) electrons. The van der Waals surface area contributed by atoms with Crippen LogP contribution in [0, 0.1) is 11.3 Å². The van der Waals surface area contributed by atoms with Gasteiger partial charge in [0.15, 0.2) is 0 Å². The molecule has 2 rings (SSSR count). The molecule has 0 heterocycles.